The molecule has 0 spiro atoms. The van der Waals surface area contributed by atoms with Crippen LogP contribution in [0.3, 0.4) is 0 Å². The first-order chi connectivity index (χ1) is 15.2. The zero-order valence-corrected chi connectivity index (χ0v) is 22.4. The summed E-state index contributed by atoms with van der Waals surface area (Å²) < 4.78 is 22.8. The average Bonchev–Trinajstić information content (AvgIpc) is 3.09. The number of aliphatic hydroxyl groups is 1. The van der Waals surface area contributed by atoms with E-state index in [2.05, 4.69) is 33.9 Å². The van der Waals surface area contributed by atoms with E-state index in [0.717, 1.165) is 16.7 Å². The molecule has 1 aliphatic rings. The van der Waals surface area contributed by atoms with E-state index in [1.165, 1.54) is 0 Å². The van der Waals surface area contributed by atoms with Gasteiger partial charge < -0.3 is 23.7 Å². The van der Waals surface area contributed by atoms with E-state index in [0.29, 0.717) is 29.1 Å². The first-order valence-corrected chi connectivity index (χ1v) is 14.2. The molecular weight excluding hydrogens is 440 g/mol. The van der Waals surface area contributed by atoms with Crippen molar-refractivity contribution in [3.05, 3.63) is 33.9 Å². The van der Waals surface area contributed by atoms with Crippen LogP contribution >= 0.6 is 0 Å². The van der Waals surface area contributed by atoms with Crippen LogP contribution in [-0.4, -0.2) is 45.2 Å². The topological polar surface area (TPSA) is 91.3 Å². The molecule has 1 aromatic rings. The Morgan fingerprint density at radius 3 is 2.45 bits per heavy atom. The third kappa shape index (κ3) is 5.79. The minimum atomic E-state index is -2.31. The van der Waals surface area contributed by atoms with Crippen LogP contribution in [0.1, 0.15) is 68.1 Å². The fourth-order valence-electron chi connectivity index (χ4n) is 3.47. The Morgan fingerprint density at radius 2 is 1.91 bits per heavy atom. The second-order valence-corrected chi connectivity index (χ2v) is 14.7. The van der Waals surface area contributed by atoms with E-state index in [-0.39, 0.29) is 24.7 Å². The van der Waals surface area contributed by atoms with Crippen molar-refractivity contribution in [1.82, 2.24) is 0 Å². The van der Waals surface area contributed by atoms with Gasteiger partial charge >= 0.3 is 11.9 Å². The molecule has 0 amide bonds. The molecule has 1 atom stereocenters. The Bertz CT molecular complexity index is 941. The largest absolute Gasteiger partial charge is 0.543 e. The normalized spacial score (nSPS) is 15.1. The monoisotopic (exact) mass is 478 g/mol. The third-order valence-corrected chi connectivity index (χ3v) is 10.9. The number of esters is 2. The maximum Gasteiger partial charge on any atom is 0.342 e. The molecule has 1 aliphatic heterocycles. The maximum atomic E-state index is 12.7. The summed E-state index contributed by atoms with van der Waals surface area (Å²) in [4.78, 5) is 24.5. The highest BCUT2D eigenvalue weighted by atomic mass is 28.4. The zero-order valence-electron chi connectivity index (χ0n) is 21.4. The van der Waals surface area contributed by atoms with Crippen LogP contribution in [-0.2, 0) is 27.3 Å². The number of ether oxygens (including phenoxy) is 3. The number of carbonyl (C=O) groups is 2. The Labute approximate surface area is 198 Å². The number of allylic oxidation sites excluding steroid dienone is 1. The van der Waals surface area contributed by atoms with Gasteiger partial charge in [0, 0.05) is 11.1 Å². The van der Waals surface area contributed by atoms with Crippen LogP contribution in [0, 0.1) is 6.92 Å². The van der Waals surface area contributed by atoms with Crippen molar-refractivity contribution in [2.24, 2.45) is 0 Å². The lowest BCUT2D eigenvalue weighted by Crippen LogP contribution is -2.44. The van der Waals surface area contributed by atoms with Crippen LogP contribution in [0.5, 0.6) is 11.5 Å². The van der Waals surface area contributed by atoms with Gasteiger partial charge in [-0.25, -0.2) is 4.79 Å². The highest BCUT2D eigenvalue weighted by molar-refractivity contribution is 6.74. The van der Waals surface area contributed by atoms with E-state index in [1.807, 2.05) is 13.0 Å². The van der Waals surface area contributed by atoms with Crippen molar-refractivity contribution < 1.29 is 33.3 Å². The van der Waals surface area contributed by atoms with Gasteiger partial charge in [0.1, 0.15) is 23.7 Å². The minimum Gasteiger partial charge on any atom is -0.543 e. The van der Waals surface area contributed by atoms with Crippen molar-refractivity contribution in [2.75, 3.05) is 13.7 Å². The number of methoxy groups -OCH3 is 1. The minimum absolute atomic E-state index is 0.0840. The first-order valence-electron chi connectivity index (χ1n) is 11.3. The van der Waals surface area contributed by atoms with Crippen molar-refractivity contribution in [1.29, 1.82) is 0 Å². The number of benzene rings is 1. The van der Waals surface area contributed by atoms with Gasteiger partial charge in [0.05, 0.1) is 26.2 Å². The number of cyclic esters (lactones) is 1. The van der Waals surface area contributed by atoms with Crippen LogP contribution < -0.4 is 9.16 Å². The highest BCUT2D eigenvalue weighted by Crippen LogP contribution is 2.46. The van der Waals surface area contributed by atoms with Crippen LogP contribution in [0.25, 0.3) is 0 Å². The van der Waals surface area contributed by atoms with Gasteiger partial charge in [-0.3, -0.25) is 4.79 Å². The predicted octanol–water partition coefficient (Wildman–Crippen LogP) is 4.86. The molecule has 0 saturated carbocycles. The van der Waals surface area contributed by atoms with E-state index in [9.17, 15) is 14.7 Å². The molecule has 33 heavy (non-hydrogen) atoms. The van der Waals surface area contributed by atoms with E-state index in [1.54, 1.807) is 21.0 Å². The van der Waals surface area contributed by atoms with Crippen molar-refractivity contribution in [3.8, 4) is 11.5 Å². The van der Waals surface area contributed by atoms with Crippen LogP contribution in [0.15, 0.2) is 11.6 Å². The van der Waals surface area contributed by atoms with Crippen molar-refractivity contribution in [3.63, 3.8) is 0 Å². The molecule has 0 saturated heterocycles. The molecular formula is C25H38O7Si. The van der Waals surface area contributed by atoms with Crippen molar-refractivity contribution in [2.45, 2.75) is 85.2 Å². The number of rotatable bonds is 9. The second-order valence-electron chi connectivity index (χ2n) is 9.94. The standard InChI is InChI=1S/C25H38O7Si/c1-10-30-20(27)13-19(26)15(2)11-12-17-22(29-7)16(3)18-14-31-24(28)21(18)23(17)32-33(8,9)25(4,5)6/h11,19,26H,10,12-14H2,1-9H3/b15-11+. The summed E-state index contributed by atoms with van der Waals surface area (Å²) in [7, 11) is -0.711. The number of hydrogen-bond donors (Lipinski definition) is 1. The summed E-state index contributed by atoms with van der Waals surface area (Å²) in [5, 5.41) is 10.4. The first kappa shape index (κ1) is 26.9. The molecule has 1 aromatic carbocycles. The van der Waals surface area contributed by atoms with Gasteiger partial charge in [0.25, 0.3) is 8.32 Å². The Morgan fingerprint density at radius 1 is 1.27 bits per heavy atom. The molecule has 0 radical (unpaired) electrons. The summed E-state index contributed by atoms with van der Waals surface area (Å²) in [5.41, 5.74) is 3.46. The number of carbonyl (C=O) groups excluding carboxylic acids is 2. The fraction of sp³-hybridized carbons (Fsp3) is 0.600. The number of hydrogen-bond acceptors (Lipinski definition) is 7. The molecule has 1 N–H and O–H groups in total. The van der Waals surface area contributed by atoms with Gasteiger partial charge in [0.2, 0.25) is 0 Å². The lowest BCUT2D eigenvalue weighted by Gasteiger charge is -2.37. The molecule has 0 fully saturated rings. The molecule has 1 heterocycles. The average molecular weight is 479 g/mol. The molecule has 184 valence electrons. The van der Waals surface area contributed by atoms with E-state index in [4.69, 9.17) is 18.6 Å². The molecule has 7 nitrogen and oxygen atoms in total. The quantitative estimate of drug-likeness (QED) is 0.308. The summed E-state index contributed by atoms with van der Waals surface area (Å²) in [6.07, 6.45) is 1.13. The molecule has 2 rings (SSSR count). The lowest BCUT2D eigenvalue weighted by atomic mass is 9.94. The summed E-state index contributed by atoms with van der Waals surface area (Å²) >= 11 is 0. The Balaban J connectivity index is 2.56. The number of fused-ring (bicyclic) bond motifs is 1. The zero-order chi connectivity index (χ0) is 25.1. The predicted molar refractivity (Wildman–Crippen MR) is 129 cm³/mol. The number of aliphatic hydroxyl groups excluding tert-OH is 1. The molecule has 0 bridgehead atoms. The lowest BCUT2D eigenvalue weighted by molar-refractivity contribution is -0.144. The van der Waals surface area contributed by atoms with Gasteiger partial charge in [-0.15, -0.1) is 0 Å². The molecule has 0 aliphatic carbocycles. The molecule has 0 aromatic heterocycles. The summed E-state index contributed by atoms with van der Waals surface area (Å²) in [5.74, 6) is 0.303. The molecule has 8 heteroatoms. The third-order valence-electron chi connectivity index (χ3n) is 6.61. The van der Waals surface area contributed by atoms with Gasteiger partial charge in [-0.1, -0.05) is 26.8 Å². The van der Waals surface area contributed by atoms with E-state index >= 15 is 0 Å². The Hall–Kier alpha value is -2.32. The van der Waals surface area contributed by atoms with Gasteiger partial charge in [-0.05, 0) is 56.5 Å². The second kappa shape index (κ2) is 10.3. The fourth-order valence-corrected chi connectivity index (χ4v) is 4.51. The smallest absolute Gasteiger partial charge is 0.342 e. The van der Waals surface area contributed by atoms with E-state index < -0.39 is 26.4 Å². The van der Waals surface area contributed by atoms with Gasteiger partial charge in [-0.2, -0.15) is 0 Å². The van der Waals surface area contributed by atoms with Gasteiger partial charge in [0.15, 0.2) is 0 Å². The van der Waals surface area contributed by atoms with Crippen LogP contribution in [0.2, 0.25) is 18.1 Å². The summed E-state index contributed by atoms with van der Waals surface area (Å²) in [6.45, 7) is 16.5. The maximum absolute atomic E-state index is 12.7. The Kier molecular flexibility index (Phi) is 8.40. The molecule has 1 unspecified atom stereocenters. The SMILES string of the molecule is CCOC(=O)CC(O)/C(C)=C/Cc1c(OC)c(C)c2c(c1O[Si](C)(C)C(C)(C)C)C(=O)OC2. The van der Waals surface area contributed by atoms with Crippen LogP contribution in [0.4, 0.5) is 0 Å². The highest BCUT2D eigenvalue weighted by Gasteiger charge is 2.42. The summed E-state index contributed by atoms with van der Waals surface area (Å²) in [6, 6.07) is 0. The van der Waals surface area contributed by atoms with Crippen molar-refractivity contribution >= 4 is 20.3 Å².